The van der Waals surface area contributed by atoms with Gasteiger partial charge in [-0.15, -0.1) is 0 Å². The largest absolute Gasteiger partial charge is 0.481 e. The molecule has 1 aliphatic rings. The van der Waals surface area contributed by atoms with Crippen LogP contribution in [0.15, 0.2) is 24.3 Å². The van der Waals surface area contributed by atoms with Crippen LogP contribution in [-0.4, -0.2) is 26.8 Å². The standard InChI is InChI=1S/C20H28N4O2/c1-5-18-22-19-17(10-7-11-24(19)23-18)21-20(25)14(4)26-16-9-6-8-15(12-16)13(2)3/h6,8-9,12-14,17H,5,7,10-11H2,1-4H3,(H,21,25)/t14-,17+/m1/s1. The topological polar surface area (TPSA) is 69.0 Å². The number of fused-ring (bicyclic) bond motifs is 1. The van der Waals surface area contributed by atoms with Crippen LogP contribution in [0.3, 0.4) is 0 Å². The maximum atomic E-state index is 12.6. The van der Waals surface area contributed by atoms with Gasteiger partial charge in [-0.05, 0) is 43.4 Å². The number of rotatable bonds is 6. The molecule has 0 bridgehead atoms. The monoisotopic (exact) mass is 356 g/mol. The van der Waals surface area contributed by atoms with Gasteiger partial charge in [0.1, 0.15) is 11.6 Å². The number of nitrogens with one attached hydrogen (secondary N) is 1. The summed E-state index contributed by atoms with van der Waals surface area (Å²) in [6, 6.07) is 7.82. The Morgan fingerprint density at radius 1 is 1.38 bits per heavy atom. The molecule has 1 N–H and O–H groups in total. The van der Waals surface area contributed by atoms with Gasteiger partial charge in [0.2, 0.25) is 0 Å². The zero-order chi connectivity index (χ0) is 18.7. The number of hydrogen-bond donors (Lipinski definition) is 1. The van der Waals surface area contributed by atoms with Gasteiger partial charge >= 0.3 is 0 Å². The van der Waals surface area contributed by atoms with Crippen LogP contribution in [0.5, 0.6) is 5.75 Å². The van der Waals surface area contributed by atoms with Crippen LogP contribution in [0.1, 0.15) is 69.7 Å². The molecular weight excluding hydrogens is 328 g/mol. The summed E-state index contributed by atoms with van der Waals surface area (Å²) >= 11 is 0. The first-order chi connectivity index (χ1) is 12.5. The Kier molecular flexibility index (Phi) is 5.59. The van der Waals surface area contributed by atoms with Gasteiger partial charge in [-0.1, -0.05) is 32.9 Å². The summed E-state index contributed by atoms with van der Waals surface area (Å²) in [5.74, 6) is 2.70. The van der Waals surface area contributed by atoms with Gasteiger partial charge in [-0.3, -0.25) is 4.79 Å². The maximum absolute atomic E-state index is 12.6. The van der Waals surface area contributed by atoms with Gasteiger partial charge < -0.3 is 10.1 Å². The third kappa shape index (κ3) is 4.06. The summed E-state index contributed by atoms with van der Waals surface area (Å²) in [5.41, 5.74) is 1.20. The van der Waals surface area contributed by atoms with E-state index in [1.165, 1.54) is 5.56 Å². The second-order valence-electron chi connectivity index (χ2n) is 7.15. The van der Waals surface area contributed by atoms with Crippen molar-refractivity contribution in [3.63, 3.8) is 0 Å². The van der Waals surface area contributed by atoms with Gasteiger partial charge in [-0.2, -0.15) is 5.10 Å². The Hall–Kier alpha value is -2.37. The van der Waals surface area contributed by atoms with Crippen LogP contribution in [0.4, 0.5) is 0 Å². The lowest BCUT2D eigenvalue weighted by atomic mass is 10.0. The van der Waals surface area contributed by atoms with E-state index in [2.05, 4.69) is 35.3 Å². The molecule has 2 atom stereocenters. The minimum atomic E-state index is -0.568. The first-order valence-electron chi connectivity index (χ1n) is 9.48. The number of aromatic nitrogens is 3. The molecule has 140 valence electrons. The smallest absolute Gasteiger partial charge is 0.261 e. The summed E-state index contributed by atoms with van der Waals surface area (Å²) in [7, 11) is 0. The van der Waals surface area contributed by atoms with E-state index in [0.717, 1.165) is 43.2 Å². The van der Waals surface area contributed by atoms with Crippen LogP contribution in [0, 0.1) is 0 Å². The van der Waals surface area contributed by atoms with E-state index in [1.807, 2.05) is 29.8 Å². The van der Waals surface area contributed by atoms with Gasteiger partial charge in [0.05, 0.1) is 6.04 Å². The first kappa shape index (κ1) is 18.4. The minimum absolute atomic E-state index is 0.0999. The second kappa shape index (κ2) is 7.89. The number of nitrogens with zero attached hydrogens (tertiary/aromatic N) is 3. The third-order valence-corrected chi connectivity index (χ3v) is 4.76. The summed E-state index contributed by atoms with van der Waals surface area (Å²) in [5, 5.41) is 7.57. The molecule has 0 saturated carbocycles. The Bertz CT molecular complexity index is 769. The van der Waals surface area contributed by atoms with E-state index < -0.39 is 6.10 Å². The van der Waals surface area contributed by atoms with E-state index in [9.17, 15) is 4.79 Å². The fourth-order valence-electron chi connectivity index (χ4n) is 3.18. The van der Waals surface area contributed by atoms with Crippen molar-refractivity contribution in [3.05, 3.63) is 41.5 Å². The summed E-state index contributed by atoms with van der Waals surface area (Å²) in [4.78, 5) is 17.2. The Balaban J connectivity index is 1.65. The van der Waals surface area contributed by atoms with E-state index in [-0.39, 0.29) is 11.9 Å². The van der Waals surface area contributed by atoms with Crippen molar-refractivity contribution in [1.82, 2.24) is 20.1 Å². The zero-order valence-corrected chi connectivity index (χ0v) is 16.0. The van der Waals surface area contributed by atoms with Crippen LogP contribution in [0.25, 0.3) is 0 Å². The molecular formula is C20H28N4O2. The molecule has 2 heterocycles. The Labute approximate surface area is 155 Å². The van der Waals surface area contributed by atoms with Crippen molar-refractivity contribution in [1.29, 1.82) is 0 Å². The van der Waals surface area contributed by atoms with Crippen molar-refractivity contribution < 1.29 is 9.53 Å². The molecule has 1 aliphatic heterocycles. The lowest BCUT2D eigenvalue weighted by molar-refractivity contribution is -0.128. The quantitative estimate of drug-likeness (QED) is 0.861. The average Bonchev–Trinajstić information content (AvgIpc) is 3.06. The van der Waals surface area contributed by atoms with Crippen LogP contribution in [-0.2, 0) is 17.8 Å². The molecule has 0 radical (unpaired) electrons. The maximum Gasteiger partial charge on any atom is 0.261 e. The van der Waals surface area contributed by atoms with Gasteiger partial charge in [0.15, 0.2) is 11.9 Å². The number of ether oxygens (including phenoxy) is 1. The SMILES string of the molecule is CCc1nc2n(n1)CCC[C@@H]2NC(=O)[C@@H](C)Oc1cccc(C(C)C)c1. The molecule has 1 aromatic carbocycles. The summed E-state index contributed by atoms with van der Waals surface area (Å²) < 4.78 is 7.79. The van der Waals surface area contributed by atoms with Crippen molar-refractivity contribution in [3.8, 4) is 5.75 Å². The van der Waals surface area contributed by atoms with Gasteiger partial charge in [-0.25, -0.2) is 9.67 Å². The second-order valence-corrected chi connectivity index (χ2v) is 7.15. The highest BCUT2D eigenvalue weighted by molar-refractivity contribution is 5.81. The number of amides is 1. The van der Waals surface area contributed by atoms with Crippen molar-refractivity contribution in [2.24, 2.45) is 0 Å². The van der Waals surface area contributed by atoms with E-state index in [4.69, 9.17) is 4.74 Å². The fourth-order valence-corrected chi connectivity index (χ4v) is 3.18. The normalized spacial score (nSPS) is 17.7. The number of hydrogen-bond acceptors (Lipinski definition) is 4. The Morgan fingerprint density at radius 3 is 2.92 bits per heavy atom. The molecule has 0 spiro atoms. The molecule has 26 heavy (non-hydrogen) atoms. The summed E-state index contributed by atoms with van der Waals surface area (Å²) in [6.07, 6.45) is 2.09. The van der Waals surface area contributed by atoms with E-state index >= 15 is 0 Å². The fraction of sp³-hybridized carbons (Fsp3) is 0.550. The highest BCUT2D eigenvalue weighted by Crippen LogP contribution is 2.24. The lowest BCUT2D eigenvalue weighted by Crippen LogP contribution is -2.40. The number of aryl methyl sites for hydroxylation is 2. The third-order valence-electron chi connectivity index (χ3n) is 4.76. The van der Waals surface area contributed by atoms with E-state index in [1.54, 1.807) is 6.92 Å². The van der Waals surface area contributed by atoms with Crippen molar-refractivity contribution in [2.75, 3.05) is 0 Å². The van der Waals surface area contributed by atoms with Gasteiger partial charge in [0, 0.05) is 13.0 Å². The number of carbonyl (C=O) groups excluding carboxylic acids is 1. The molecule has 2 aromatic rings. The van der Waals surface area contributed by atoms with Crippen LogP contribution < -0.4 is 10.1 Å². The highest BCUT2D eigenvalue weighted by Gasteiger charge is 2.27. The predicted molar refractivity (Wildman–Crippen MR) is 100 cm³/mol. The molecule has 6 heteroatoms. The minimum Gasteiger partial charge on any atom is -0.481 e. The molecule has 6 nitrogen and oxygen atoms in total. The number of benzene rings is 1. The highest BCUT2D eigenvalue weighted by atomic mass is 16.5. The molecule has 3 rings (SSSR count). The van der Waals surface area contributed by atoms with Crippen LogP contribution >= 0.6 is 0 Å². The van der Waals surface area contributed by atoms with Gasteiger partial charge in [0.25, 0.3) is 5.91 Å². The molecule has 0 unspecified atom stereocenters. The average molecular weight is 356 g/mol. The predicted octanol–water partition coefficient (Wildman–Crippen LogP) is 3.38. The zero-order valence-electron chi connectivity index (χ0n) is 16.0. The molecule has 0 aliphatic carbocycles. The van der Waals surface area contributed by atoms with E-state index in [0.29, 0.717) is 5.92 Å². The van der Waals surface area contributed by atoms with Crippen LogP contribution in [0.2, 0.25) is 0 Å². The summed E-state index contributed by atoms with van der Waals surface area (Å²) in [6.45, 7) is 8.96. The first-order valence-corrected chi connectivity index (χ1v) is 9.48. The molecule has 0 saturated heterocycles. The lowest BCUT2D eigenvalue weighted by Gasteiger charge is -2.25. The molecule has 1 amide bonds. The van der Waals surface area contributed by atoms with Crippen molar-refractivity contribution >= 4 is 5.91 Å². The van der Waals surface area contributed by atoms with Crippen molar-refractivity contribution in [2.45, 2.75) is 71.6 Å². The molecule has 0 fully saturated rings. The molecule has 1 aromatic heterocycles. The number of carbonyl (C=O) groups is 1. The Morgan fingerprint density at radius 2 is 2.19 bits per heavy atom.